The molecule has 1 unspecified atom stereocenters. The van der Waals surface area contributed by atoms with E-state index in [0.717, 1.165) is 31.6 Å². The molecule has 0 amide bonds. The van der Waals surface area contributed by atoms with Crippen LogP contribution in [0.2, 0.25) is 0 Å². The first-order chi connectivity index (χ1) is 7.72. The molecule has 1 aliphatic rings. The number of nitrogens with zero attached hydrogens (tertiary/aromatic N) is 1. The molecular formula is C12H17FN2O. The van der Waals surface area contributed by atoms with E-state index in [1.165, 1.54) is 12.1 Å². The van der Waals surface area contributed by atoms with Crippen molar-refractivity contribution in [2.24, 2.45) is 5.73 Å². The summed E-state index contributed by atoms with van der Waals surface area (Å²) in [7, 11) is 0. The van der Waals surface area contributed by atoms with Crippen molar-refractivity contribution in [1.82, 2.24) is 0 Å². The van der Waals surface area contributed by atoms with Gasteiger partial charge in [0.05, 0.1) is 12.6 Å². The summed E-state index contributed by atoms with van der Waals surface area (Å²) in [5.41, 5.74) is 7.45. The minimum absolute atomic E-state index is 0.162. The van der Waals surface area contributed by atoms with Crippen LogP contribution in [0.5, 0.6) is 0 Å². The molecule has 88 valence electrons. The van der Waals surface area contributed by atoms with Gasteiger partial charge in [0.1, 0.15) is 5.82 Å². The molecule has 0 spiro atoms. The Kier molecular flexibility index (Phi) is 3.41. The van der Waals surface area contributed by atoms with E-state index in [4.69, 9.17) is 10.8 Å². The SMILES string of the molecule is NC(CO)c1cc(F)ccc1N1CCCC1. The van der Waals surface area contributed by atoms with Crippen molar-refractivity contribution in [2.45, 2.75) is 18.9 Å². The zero-order chi connectivity index (χ0) is 11.5. The second kappa shape index (κ2) is 4.80. The second-order valence-electron chi connectivity index (χ2n) is 4.19. The Morgan fingerprint density at radius 1 is 1.38 bits per heavy atom. The van der Waals surface area contributed by atoms with E-state index < -0.39 is 6.04 Å². The number of nitrogens with two attached hydrogens (primary N) is 1. The highest BCUT2D eigenvalue weighted by atomic mass is 19.1. The van der Waals surface area contributed by atoms with E-state index >= 15 is 0 Å². The molecule has 1 atom stereocenters. The summed E-state index contributed by atoms with van der Waals surface area (Å²) in [4.78, 5) is 2.20. The van der Waals surface area contributed by atoms with Crippen molar-refractivity contribution >= 4 is 5.69 Å². The van der Waals surface area contributed by atoms with Crippen molar-refractivity contribution < 1.29 is 9.50 Å². The number of rotatable bonds is 3. The molecule has 0 aromatic heterocycles. The van der Waals surface area contributed by atoms with E-state index in [1.807, 2.05) is 0 Å². The number of benzene rings is 1. The molecule has 16 heavy (non-hydrogen) atoms. The Bertz CT molecular complexity index is 364. The van der Waals surface area contributed by atoms with E-state index in [1.54, 1.807) is 6.07 Å². The average Bonchev–Trinajstić information content (AvgIpc) is 2.81. The molecule has 3 nitrogen and oxygen atoms in total. The van der Waals surface area contributed by atoms with Crippen LogP contribution < -0.4 is 10.6 Å². The molecule has 0 bridgehead atoms. The summed E-state index contributed by atoms with van der Waals surface area (Å²) >= 11 is 0. The van der Waals surface area contributed by atoms with Gasteiger partial charge in [0.2, 0.25) is 0 Å². The number of hydrogen-bond acceptors (Lipinski definition) is 3. The largest absolute Gasteiger partial charge is 0.394 e. The van der Waals surface area contributed by atoms with Crippen molar-refractivity contribution in [2.75, 3.05) is 24.6 Å². The molecule has 2 rings (SSSR count). The molecule has 3 N–H and O–H groups in total. The van der Waals surface area contributed by atoms with E-state index in [-0.39, 0.29) is 12.4 Å². The van der Waals surface area contributed by atoms with Gasteiger partial charge in [0.15, 0.2) is 0 Å². The third-order valence-corrected chi connectivity index (χ3v) is 3.03. The molecule has 1 fully saturated rings. The Morgan fingerprint density at radius 3 is 2.69 bits per heavy atom. The van der Waals surface area contributed by atoms with Gasteiger partial charge >= 0.3 is 0 Å². The van der Waals surface area contributed by atoms with Crippen molar-refractivity contribution in [3.05, 3.63) is 29.6 Å². The van der Waals surface area contributed by atoms with Crippen LogP contribution >= 0.6 is 0 Å². The van der Waals surface area contributed by atoms with Gasteiger partial charge in [-0.15, -0.1) is 0 Å². The first-order valence-corrected chi connectivity index (χ1v) is 5.63. The maximum Gasteiger partial charge on any atom is 0.123 e. The van der Waals surface area contributed by atoms with Crippen molar-refractivity contribution in [1.29, 1.82) is 0 Å². The summed E-state index contributed by atoms with van der Waals surface area (Å²) in [6.45, 7) is 1.80. The van der Waals surface area contributed by atoms with E-state index in [9.17, 15) is 4.39 Å². The summed E-state index contributed by atoms with van der Waals surface area (Å²) in [5.74, 6) is -0.304. The van der Waals surface area contributed by atoms with Gasteiger partial charge in [0, 0.05) is 18.8 Å². The first kappa shape index (κ1) is 11.4. The van der Waals surface area contributed by atoms with Gasteiger partial charge in [-0.25, -0.2) is 4.39 Å². The van der Waals surface area contributed by atoms with Crippen LogP contribution in [0.15, 0.2) is 18.2 Å². The fourth-order valence-corrected chi connectivity index (χ4v) is 2.17. The van der Waals surface area contributed by atoms with Crippen LogP contribution in [-0.2, 0) is 0 Å². The van der Waals surface area contributed by atoms with Gasteiger partial charge in [-0.2, -0.15) is 0 Å². The average molecular weight is 224 g/mol. The number of halogens is 1. The van der Waals surface area contributed by atoms with E-state index in [2.05, 4.69) is 4.90 Å². The van der Waals surface area contributed by atoms with Crippen molar-refractivity contribution in [3.8, 4) is 0 Å². The molecule has 0 saturated carbocycles. The Hall–Kier alpha value is -1.13. The van der Waals surface area contributed by atoms with E-state index in [0.29, 0.717) is 5.56 Å². The van der Waals surface area contributed by atoms with Gasteiger partial charge in [0.25, 0.3) is 0 Å². The summed E-state index contributed by atoms with van der Waals surface area (Å²) < 4.78 is 13.2. The molecule has 1 aliphatic heterocycles. The lowest BCUT2D eigenvalue weighted by atomic mass is 10.0. The Balaban J connectivity index is 2.34. The highest BCUT2D eigenvalue weighted by Crippen LogP contribution is 2.28. The third kappa shape index (κ3) is 2.18. The van der Waals surface area contributed by atoms with Crippen LogP contribution in [0.3, 0.4) is 0 Å². The van der Waals surface area contributed by atoms with Crippen LogP contribution in [-0.4, -0.2) is 24.8 Å². The van der Waals surface area contributed by atoms with Crippen LogP contribution in [0.1, 0.15) is 24.4 Å². The number of aliphatic hydroxyl groups excluding tert-OH is 1. The third-order valence-electron chi connectivity index (χ3n) is 3.03. The van der Waals surface area contributed by atoms with Crippen LogP contribution in [0, 0.1) is 5.82 Å². The minimum atomic E-state index is -0.508. The molecular weight excluding hydrogens is 207 g/mol. The summed E-state index contributed by atoms with van der Waals surface area (Å²) in [6.07, 6.45) is 2.32. The fourth-order valence-electron chi connectivity index (χ4n) is 2.17. The van der Waals surface area contributed by atoms with Crippen LogP contribution in [0.4, 0.5) is 10.1 Å². The van der Waals surface area contributed by atoms with Crippen LogP contribution in [0.25, 0.3) is 0 Å². The lowest BCUT2D eigenvalue weighted by Crippen LogP contribution is -2.23. The molecule has 4 heteroatoms. The fraction of sp³-hybridized carbons (Fsp3) is 0.500. The van der Waals surface area contributed by atoms with Gasteiger partial charge in [-0.1, -0.05) is 0 Å². The Labute approximate surface area is 94.7 Å². The zero-order valence-electron chi connectivity index (χ0n) is 9.19. The van der Waals surface area contributed by atoms with Crippen molar-refractivity contribution in [3.63, 3.8) is 0 Å². The van der Waals surface area contributed by atoms with Gasteiger partial charge < -0.3 is 15.7 Å². The predicted molar refractivity (Wildman–Crippen MR) is 61.9 cm³/mol. The topological polar surface area (TPSA) is 49.5 Å². The monoisotopic (exact) mass is 224 g/mol. The maximum atomic E-state index is 13.2. The highest BCUT2D eigenvalue weighted by Gasteiger charge is 2.19. The normalized spacial score (nSPS) is 17.8. The number of aliphatic hydroxyl groups is 1. The maximum absolute atomic E-state index is 13.2. The zero-order valence-corrected chi connectivity index (χ0v) is 9.19. The minimum Gasteiger partial charge on any atom is -0.394 e. The lowest BCUT2D eigenvalue weighted by Gasteiger charge is -2.23. The number of anilines is 1. The standard InChI is InChI=1S/C12H17FN2O/c13-9-3-4-12(15-5-1-2-6-15)10(7-9)11(14)8-16/h3-4,7,11,16H,1-2,5-6,8,14H2. The highest BCUT2D eigenvalue weighted by molar-refractivity contribution is 5.55. The predicted octanol–water partition coefficient (Wildman–Crippen LogP) is 1.42. The van der Waals surface area contributed by atoms with Gasteiger partial charge in [-0.3, -0.25) is 0 Å². The molecule has 1 aromatic carbocycles. The summed E-state index contributed by atoms with van der Waals surface area (Å²) in [5, 5.41) is 9.08. The lowest BCUT2D eigenvalue weighted by molar-refractivity contribution is 0.268. The molecule has 0 aliphatic carbocycles. The Morgan fingerprint density at radius 2 is 2.06 bits per heavy atom. The molecule has 0 radical (unpaired) electrons. The second-order valence-corrected chi connectivity index (χ2v) is 4.19. The first-order valence-electron chi connectivity index (χ1n) is 5.63. The molecule has 1 heterocycles. The molecule has 1 aromatic rings. The number of hydrogen-bond donors (Lipinski definition) is 2. The smallest absolute Gasteiger partial charge is 0.123 e. The quantitative estimate of drug-likeness (QED) is 0.816. The molecule has 1 saturated heterocycles. The summed E-state index contributed by atoms with van der Waals surface area (Å²) in [6, 6.07) is 4.12. The van der Waals surface area contributed by atoms with Gasteiger partial charge in [-0.05, 0) is 36.6 Å².